The first kappa shape index (κ1) is 20.2. The van der Waals surface area contributed by atoms with E-state index in [1.54, 1.807) is 12.1 Å². The van der Waals surface area contributed by atoms with Gasteiger partial charge in [-0.2, -0.15) is 0 Å². The number of hydrogen-bond donors (Lipinski definition) is 2. The number of carbonyl (C=O) groups is 1. The summed E-state index contributed by atoms with van der Waals surface area (Å²) >= 11 is 0. The van der Waals surface area contributed by atoms with Gasteiger partial charge in [0.15, 0.2) is 5.76 Å². The first-order chi connectivity index (χ1) is 13.2. The Hall–Kier alpha value is -2.50. The third-order valence-electron chi connectivity index (χ3n) is 5.09. The van der Waals surface area contributed by atoms with Crippen LogP contribution in [0.4, 0.5) is 0 Å². The van der Waals surface area contributed by atoms with E-state index in [9.17, 15) is 4.79 Å². The van der Waals surface area contributed by atoms with E-state index < -0.39 is 0 Å². The summed E-state index contributed by atoms with van der Waals surface area (Å²) in [7, 11) is 0. The minimum absolute atomic E-state index is 0. The summed E-state index contributed by atoms with van der Waals surface area (Å²) in [6.07, 6.45) is 0.936. The van der Waals surface area contributed by atoms with Crippen LogP contribution in [0.5, 0.6) is 5.75 Å². The summed E-state index contributed by atoms with van der Waals surface area (Å²) in [5.41, 5.74) is 0. The van der Waals surface area contributed by atoms with Gasteiger partial charge in [0.05, 0.1) is 0 Å². The molecule has 1 fully saturated rings. The van der Waals surface area contributed by atoms with E-state index in [0.717, 1.165) is 30.6 Å². The Kier molecular flexibility index (Phi) is 6.60. The quantitative estimate of drug-likeness (QED) is 0.675. The molecule has 1 aliphatic heterocycles. The highest BCUT2D eigenvalue weighted by atomic mass is 35.5. The molecule has 6 heteroatoms. The average molecular weight is 401 g/mol. The van der Waals surface area contributed by atoms with Crippen LogP contribution in [-0.2, 0) is 6.61 Å². The standard InChI is InChI=1S/C22H24N2O3.ClH/c1-15-13-23-11-10-20(15)24-22(25)21-9-8-19(27-21)14-26-18-7-6-16-4-2-3-5-17(16)12-18;/h2-9,12,15,20,23H,10-11,13-14H2,1H3,(H,24,25);1H. The largest absolute Gasteiger partial charge is 0.486 e. The first-order valence-corrected chi connectivity index (χ1v) is 9.41. The molecule has 1 aliphatic rings. The van der Waals surface area contributed by atoms with Crippen LogP contribution in [0, 0.1) is 5.92 Å². The Balaban J connectivity index is 0.00000225. The molecular weight excluding hydrogens is 376 g/mol. The van der Waals surface area contributed by atoms with E-state index in [1.807, 2.05) is 30.3 Å². The topological polar surface area (TPSA) is 63.5 Å². The van der Waals surface area contributed by atoms with Crippen molar-refractivity contribution in [3.8, 4) is 5.75 Å². The van der Waals surface area contributed by atoms with E-state index in [-0.39, 0.29) is 31.0 Å². The maximum atomic E-state index is 12.4. The Bertz CT molecular complexity index is 940. The van der Waals surface area contributed by atoms with E-state index in [0.29, 0.717) is 17.4 Å². The lowest BCUT2D eigenvalue weighted by molar-refractivity contribution is 0.0882. The van der Waals surface area contributed by atoms with Crippen LogP contribution in [0.1, 0.15) is 29.7 Å². The van der Waals surface area contributed by atoms with Crippen molar-refractivity contribution in [1.29, 1.82) is 0 Å². The molecule has 2 N–H and O–H groups in total. The van der Waals surface area contributed by atoms with Gasteiger partial charge in [0.2, 0.25) is 0 Å². The lowest BCUT2D eigenvalue weighted by atomic mass is 9.95. The fourth-order valence-electron chi connectivity index (χ4n) is 3.46. The zero-order chi connectivity index (χ0) is 18.6. The minimum Gasteiger partial charge on any atom is -0.486 e. The lowest BCUT2D eigenvalue weighted by Gasteiger charge is -2.29. The van der Waals surface area contributed by atoms with Gasteiger partial charge in [0, 0.05) is 6.04 Å². The molecule has 1 aromatic heterocycles. The van der Waals surface area contributed by atoms with Crippen molar-refractivity contribution in [1.82, 2.24) is 10.6 Å². The maximum absolute atomic E-state index is 12.4. The molecule has 3 aromatic rings. The van der Waals surface area contributed by atoms with Gasteiger partial charge in [0.25, 0.3) is 5.91 Å². The molecule has 0 aliphatic carbocycles. The zero-order valence-electron chi connectivity index (χ0n) is 15.8. The van der Waals surface area contributed by atoms with Gasteiger partial charge in [-0.15, -0.1) is 12.4 Å². The van der Waals surface area contributed by atoms with Crippen LogP contribution < -0.4 is 15.4 Å². The van der Waals surface area contributed by atoms with Crippen molar-refractivity contribution in [2.45, 2.75) is 26.0 Å². The van der Waals surface area contributed by atoms with E-state index in [1.165, 1.54) is 5.39 Å². The molecule has 2 heterocycles. The van der Waals surface area contributed by atoms with Crippen LogP contribution in [0.2, 0.25) is 0 Å². The van der Waals surface area contributed by atoms with E-state index in [2.05, 4.69) is 29.7 Å². The van der Waals surface area contributed by atoms with Crippen LogP contribution in [0.25, 0.3) is 10.8 Å². The summed E-state index contributed by atoms with van der Waals surface area (Å²) in [6, 6.07) is 17.8. The van der Waals surface area contributed by atoms with Crippen LogP contribution in [0.15, 0.2) is 59.0 Å². The van der Waals surface area contributed by atoms with Crippen molar-refractivity contribution < 1.29 is 13.9 Å². The van der Waals surface area contributed by atoms with Gasteiger partial charge in [-0.1, -0.05) is 37.3 Å². The molecule has 28 heavy (non-hydrogen) atoms. The molecule has 0 saturated carbocycles. The van der Waals surface area contributed by atoms with Gasteiger partial charge in [-0.05, 0) is 60.5 Å². The molecule has 0 spiro atoms. The predicted octanol–water partition coefficient (Wildman–Crippen LogP) is 4.16. The molecule has 5 nitrogen and oxygen atoms in total. The third kappa shape index (κ3) is 4.66. The van der Waals surface area contributed by atoms with E-state index in [4.69, 9.17) is 9.15 Å². The van der Waals surface area contributed by atoms with Gasteiger partial charge >= 0.3 is 0 Å². The third-order valence-corrected chi connectivity index (χ3v) is 5.09. The molecule has 2 unspecified atom stereocenters. The number of ether oxygens (including phenoxy) is 1. The first-order valence-electron chi connectivity index (χ1n) is 9.41. The number of carbonyl (C=O) groups excluding carboxylic acids is 1. The Morgan fingerprint density at radius 3 is 2.82 bits per heavy atom. The van der Waals surface area contributed by atoms with Crippen LogP contribution in [-0.4, -0.2) is 25.0 Å². The van der Waals surface area contributed by atoms with E-state index >= 15 is 0 Å². The van der Waals surface area contributed by atoms with Gasteiger partial charge < -0.3 is 19.8 Å². The lowest BCUT2D eigenvalue weighted by Crippen LogP contribution is -2.48. The Labute approximate surface area is 170 Å². The summed E-state index contributed by atoms with van der Waals surface area (Å²) in [5.74, 6) is 1.99. The average Bonchev–Trinajstić information content (AvgIpc) is 3.17. The summed E-state index contributed by atoms with van der Waals surface area (Å²) in [6.45, 7) is 4.28. The molecule has 2 atom stereocenters. The fourth-order valence-corrected chi connectivity index (χ4v) is 3.46. The van der Waals surface area contributed by atoms with Crippen LogP contribution >= 0.6 is 12.4 Å². The number of furan rings is 1. The number of fused-ring (bicyclic) bond motifs is 1. The highest BCUT2D eigenvalue weighted by Crippen LogP contribution is 2.22. The number of halogens is 1. The number of amides is 1. The predicted molar refractivity (Wildman–Crippen MR) is 112 cm³/mol. The molecule has 2 aromatic carbocycles. The van der Waals surface area contributed by atoms with Crippen molar-refractivity contribution in [2.24, 2.45) is 5.92 Å². The molecule has 0 bridgehead atoms. The highest BCUT2D eigenvalue weighted by molar-refractivity contribution is 5.91. The SMILES string of the molecule is CC1CNCCC1NC(=O)c1ccc(COc2ccc3ccccc3c2)o1.Cl. The minimum atomic E-state index is -0.161. The number of rotatable bonds is 5. The Morgan fingerprint density at radius 1 is 1.18 bits per heavy atom. The molecule has 0 radical (unpaired) electrons. The normalized spacial score (nSPS) is 19.0. The molecule has 1 saturated heterocycles. The second-order valence-electron chi connectivity index (χ2n) is 7.11. The Morgan fingerprint density at radius 2 is 2.00 bits per heavy atom. The van der Waals surface area contributed by atoms with Gasteiger partial charge in [-0.3, -0.25) is 4.79 Å². The second-order valence-corrected chi connectivity index (χ2v) is 7.11. The van der Waals surface area contributed by atoms with Crippen molar-refractivity contribution in [3.05, 3.63) is 66.1 Å². The second kappa shape index (κ2) is 9.13. The van der Waals surface area contributed by atoms with Crippen molar-refractivity contribution in [2.75, 3.05) is 13.1 Å². The maximum Gasteiger partial charge on any atom is 0.287 e. The number of nitrogens with one attached hydrogen (secondary N) is 2. The number of hydrogen-bond acceptors (Lipinski definition) is 4. The van der Waals surface area contributed by atoms with Crippen LogP contribution in [0.3, 0.4) is 0 Å². The van der Waals surface area contributed by atoms with Crippen molar-refractivity contribution in [3.63, 3.8) is 0 Å². The van der Waals surface area contributed by atoms with Crippen molar-refractivity contribution >= 4 is 29.1 Å². The summed E-state index contributed by atoms with van der Waals surface area (Å²) < 4.78 is 11.5. The molecule has 148 valence electrons. The number of benzene rings is 2. The molecule has 4 rings (SSSR count). The van der Waals surface area contributed by atoms with Gasteiger partial charge in [0.1, 0.15) is 18.1 Å². The monoisotopic (exact) mass is 400 g/mol. The number of piperidine rings is 1. The summed E-state index contributed by atoms with van der Waals surface area (Å²) in [5, 5.41) is 8.72. The smallest absolute Gasteiger partial charge is 0.287 e. The fraction of sp³-hybridized carbons (Fsp3) is 0.318. The zero-order valence-corrected chi connectivity index (χ0v) is 16.6. The highest BCUT2D eigenvalue weighted by Gasteiger charge is 2.24. The molecular formula is C22H25ClN2O3. The summed E-state index contributed by atoms with van der Waals surface area (Å²) in [4.78, 5) is 12.4. The molecule has 1 amide bonds. The van der Waals surface area contributed by atoms with Gasteiger partial charge in [-0.25, -0.2) is 0 Å².